The van der Waals surface area contributed by atoms with Gasteiger partial charge in [-0.15, -0.1) is 0 Å². The molecule has 1 heterocycles. The zero-order valence-electron chi connectivity index (χ0n) is 13.4. The fourth-order valence-corrected chi connectivity index (χ4v) is 2.34. The molecule has 0 saturated carbocycles. The number of carbonyl (C=O) groups excluding carboxylic acids is 1. The van der Waals surface area contributed by atoms with Crippen LogP contribution >= 0.6 is 0 Å². The molecule has 0 aliphatic carbocycles. The van der Waals surface area contributed by atoms with Crippen molar-refractivity contribution in [2.45, 2.75) is 13.5 Å². The molecule has 120 valence electrons. The maximum atomic E-state index is 12.5. The molecule has 1 aromatic heterocycles. The Morgan fingerprint density at radius 2 is 1.75 bits per heavy atom. The Bertz CT molecular complexity index is 832. The molecule has 0 unspecified atom stereocenters. The quantitative estimate of drug-likeness (QED) is 0.766. The van der Waals surface area contributed by atoms with Crippen molar-refractivity contribution in [2.75, 3.05) is 5.32 Å². The summed E-state index contributed by atoms with van der Waals surface area (Å²) in [6.45, 7) is 2.32. The zero-order valence-corrected chi connectivity index (χ0v) is 13.4. The summed E-state index contributed by atoms with van der Waals surface area (Å²) in [4.78, 5) is 16.7. The summed E-state index contributed by atoms with van der Waals surface area (Å²) >= 11 is 0. The molecule has 0 atom stereocenters. The molecule has 3 aromatic rings. The van der Waals surface area contributed by atoms with Crippen molar-refractivity contribution < 1.29 is 9.53 Å². The van der Waals surface area contributed by atoms with Gasteiger partial charge in [0.15, 0.2) is 11.6 Å². The summed E-state index contributed by atoms with van der Waals surface area (Å²) in [6.07, 6.45) is 1.63. The number of aryl methyl sites for hydroxylation is 1. The largest absolute Gasteiger partial charge is 0.485 e. The number of anilines is 1. The van der Waals surface area contributed by atoms with E-state index < -0.39 is 0 Å². The van der Waals surface area contributed by atoms with E-state index in [0.29, 0.717) is 23.7 Å². The van der Waals surface area contributed by atoms with E-state index in [4.69, 9.17) is 4.74 Å². The fourth-order valence-electron chi connectivity index (χ4n) is 2.34. The standard InChI is InChI=1S/C20H18N2O2/c1-15-8-5-6-11-17(15)20(23)22-19-18(12-7-13-21-19)24-14-16-9-3-2-4-10-16/h2-13H,14H2,1H3,(H,21,22,23). The summed E-state index contributed by atoms with van der Waals surface area (Å²) in [7, 11) is 0. The fraction of sp³-hybridized carbons (Fsp3) is 0.100. The molecule has 0 spiro atoms. The molecule has 3 rings (SSSR count). The Morgan fingerprint density at radius 3 is 2.54 bits per heavy atom. The SMILES string of the molecule is Cc1ccccc1C(=O)Nc1ncccc1OCc1ccccc1. The van der Waals surface area contributed by atoms with Crippen molar-refractivity contribution in [1.29, 1.82) is 0 Å². The monoisotopic (exact) mass is 318 g/mol. The lowest BCUT2D eigenvalue weighted by molar-refractivity contribution is 0.102. The van der Waals surface area contributed by atoms with Crippen LogP contribution in [0.1, 0.15) is 21.5 Å². The maximum absolute atomic E-state index is 12.5. The molecule has 4 heteroatoms. The number of benzene rings is 2. The number of nitrogens with zero attached hydrogens (tertiary/aromatic N) is 1. The van der Waals surface area contributed by atoms with Gasteiger partial charge in [0.1, 0.15) is 6.61 Å². The minimum absolute atomic E-state index is 0.198. The number of ether oxygens (including phenoxy) is 1. The van der Waals surface area contributed by atoms with Crippen molar-refractivity contribution >= 4 is 11.7 Å². The first-order chi connectivity index (χ1) is 11.7. The predicted octanol–water partition coefficient (Wildman–Crippen LogP) is 4.22. The third kappa shape index (κ3) is 3.79. The van der Waals surface area contributed by atoms with Crippen LogP contribution in [0.4, 0.5) is 5.82 Å². The third-order valence-electron chi connectivity index (χ3n) is 3.63. The van der Waals surface area contributed by atoms with Gasteiger partial charge in [-0.05, 0) is 36.2 Å². The average molecular weight is 318 g/mol. The average Bonchev–Trinajstić information content (AvgIpc) is 2.62. The Morgan fingerprint density at radius 1 is 1.00 bits per heavy atom. The first-order valence-corrected chi connectivity index (χ1v) is 7.73. The van der Waals surface area contributed by atoms with Gasteiger partial charge in [-0.2, -0.15) is 0 Å². The number of hydrogen-bond donors (Lipinski definition) is 1. The highest BCUT2D eigenvalue weighted by molar-refractivity contribution is 6.05. The van der Waals surface area contributed by atoms with Crippen LogP contribution in [0.3, 0.4) is 0 Å². The van der Waals surface area contributed by atoms with Crippen LogP contribution in [0.15, 0.2) is 72.9 Å². The molecule has 1 amide bonds. The first kappa shape index (κ1) is 15.7. The minimum Gasteiger partial charge on any atom is -0.485 e. The molecule has 0 aliphatic heterocycles. The van der Waals surface area contributed by atoms with E-state index >= 15 is 0 Å². The van der Waals surface area contributed by atoms with Crippen molar-refractivity contribution in [1.82, 2.24) is 4.98 Å². The van der Waals surface area contributed by atoms with Crippen LogP contribution in [0.25, 0.3) is 0 Å². The number of carbonyl (C=O) groups is 1. The highest BCUT2D eigenvalue weighted by Crippen LogP contribution is 2.23. The Hall–Kier alpha value is -3.14. The van der Waals surface area contributed by atoms with Crippen LogP contribution in [-0.4, -0.2) is 10.9 Å². The van der Waals surface area contributed by atoms with E-state index in [1.54, 1.807) is 24.4 Å². The van der Waals surface area contributed by atoms with E-state index in [0.717, 1.165) is 11.1 Å². The van der Waals surface area contributed by atoms with Crippen LogP contribution in [0.5, 0.6) is 5.75 Å². The molecule has 24 heavy (non-hydrogen) atoms. The summed E-state index contributed by atoms with van der Waals surface area (Å²) in [5.41, 5.74) is 2.59. The molecule has 0 aliphatic rings. The Balaban J connectivity index is 1.74. The normalized spacial score (nSPS) is 10.2. The van der Waals surface area contributed by atoms with E-state index in [-0.39, 0.29) is 5.91 Å². The number of aromatic nitrogens is 1. The molecule has 0 fully saturated rings. The molecule has 0 bridgehead atoms. The van der Waals surface area contributed by atoms with Gasteiger partial charge in [-0.1, -0.05) is 48.5 Å². The number of pyridine rings is 1. The second-order valence-electron chi connectivity index (χ2n) is 5.39. The van der Waals surface area contributed by atoms with Gasteiger partial charge in [0, 0.05) is 11.8 Å². The van der Waals surface area contributed by atoms with Gasteiger partial charge in [0.25, 0.3) is 5.91 Å². The van der Waals surface area contributed by atoms with Crippen LogP contribution < -0.4 is 10.1 Å². The van der Waals surface area contributed by atoms with Gasteiger partial charge in [0.2, 0.25) is 0 Å². The van der Waals surface area contributed by atoms with Gasteiger partial charge in [-0.3, -0.25) is 4.79 Å². The molecule has 4 nitrogen and oxygen atoms in total. The first-order valence-electron chi connectivity index (χ1n) is 7.73. The summed E-state index contributed by atoms with van der Waals surface area (Å²) in [5.74, 6) is 0.765. The third-order valence-corrected chi connectivity index (χ3v) is 3.63. The highest BCUT2D eigenvalue weighted by atomic mass is 16.5. The lowest BCUT2D eigenvalue weighted by atomic mass is 10.1. The van der Waals surface area contributed by atoms with Crippen molar-refractivity contribution in [2.24, 2.45) is 0 Å². The lowest BCUT2D eigenvalue weighted by Crippen LogP contribution is -2.15. The summed E-state index contributed by atoms with van der Waals surface area (Å²) < 4.78 is 5.81. The number of hydrogen-bond acceptors (Lipinski definition) is 3. The Labute approximate surface area is 141 Å². The number of nitrogens with one attached hydrogen (secondary N) is 1. The second kappa shape index (κ2) is 7.42. The van der Waals surface area contributed by atoms with Gasteiger partial charge in [-0.25, -0.2) is 4.98 Å². The van der Waals surface area contributed by atoms with Crippen molar-refractivity contribution in [3.05, 3.63) is 89.6 Å². The second-order valence-corrected chi connectivity index (χ2v) is 5.39. The van der Waals surface area contributed by atoms with E-state index in [1.165, 1.54) is 0 Å². The van der Waals surface area contributed by atoms with Gasteiger partial charge >= 0.3 is 0 Å². The summed E-state index contributed by atoms with van der Waals surface area (Å²) in [6, 6.07) is 20.9. The molecular weight excluding hydrogens is 300 g/mol. The van der Waals surface area contributed by atoms with Crippen LogP contribution in [0, 0.1) is 6.92 Å². The number of amides is 1. The zero-order chi connectivity index (χ0) is 16.8. The smallest absolute Gasteiger partial charge is 0.257 e. The van der Waals surface area contributed by atoms with Crippen LogP contribution in [-0.2, 0) is 6.61 Å². The van der Waals surface area contributed by atoms with Crippen LogP contribution in [0.2, 0.25) is 0 Å². The van der Waals surface area contributed by atoms with E-state index in [2.05, 4.69) is 10.3 Å². The Kier molecular flexibility index (Phi) is 4.87. The molecular formula is C20H18N2O2. The molecule has 1 N–H and O–H groups in total. The van der Waals surface area contributed by atoms with E-state index in [1.807, 2.05) is 55.5 Å². The lowest BCUT2D eigenvalue weighted by Gasteiger charge is -2.12. The number of rotatable bonds is 5. The van der Waals surface area contributed by atoms with Crippen molar-refractivity contribution in [3.63, 3.8) is 0 Å². The van der Waals surface area contributed by atoms with Crippen molar-refractivity contribution in [3.8, 4) is 5.75 Å². The molecule has 0 saturated heterocycles. The molecule has 0 radical (unpaired) electrons. The topological polar surface area (TPSA) is 51.2 Å². The summed E-state index contributed by atoms with van der Waals surface area (Å²) in [5, 5.41) is 2.83. The van der Waals surface area contributed by atoms with Gasteiger partial charge in [0.05, 0.1) is 0 Å². The van der Waals surface area contributed by atoms with E-state index in [9.17, 15) is 4.79 Å². The maximum Gasteiger partial charge on any atom is 0.257 e. The highest BCUT2D eigenvalue weighted by Gasteiger charge is 2.12. The van der Waals surface area contributed by atoms with Gasteiger partial charge < -0.3 is 10.1 Å². The minimum atomic E-state index is -0.198. The molecule has 2 aromatic carbocycles. The predicted molar refractivity (Wildman–Crippen MR) is 94.1 cm³/mol.